The van der Waals surface area contributed by atoms with Crippen molar-refractivity contribution in [2.75, 3.05) is 59.4 Å². The predicted molar refractivity (Wildman–Crippen MR) is 122 cm³/mol. The number of benzene rings is 1. The molecule has 7 heteroatoms. The van der Waals surface area contributed by atoms with E-state index in [0.717, 1.165) is 69.5 Å². The van der Waals surface area contributed by atoms with Gasteiger partial charge < -0.3 is 25.0 Å². The van der Waals surface area contributed by atoms with Gasteiger partial charge in [0, 0.05) is 45.8 Å². The van der Waals surface area contributed by atoms with Crippen molar-refractivity contribution in [3.05, 3.63) is 30.1 Å². The zero-order valence-electron chi connectivity index (χ0n) is 18.3. The molecule has 0 radical (unpaired) electrons. The number of rotatable bonds is 8. The molecule has 2 aromatic rings. The molecule has 160 valence electrons. The SMILES string of the molecule is CCNC(=NCCCn1c(C)nc2ccccc21)NCCN1CCCN(C)CC1. The van der Waals surface area contributed by atoms with E-state index in [2.05, 4.69) is 69.1 Å². The van der Waals surface area contributed by atoms with Crippen LogP contribution in [0.3, 0.4) is 0 Å². The normalized spacial score (nSPS) is 16.9. The van der Waals surface area contributed by atoms with Gasteiger partial charge in [-0.15, -0.1) is 0 Å². The Morgan fingerprint density at radius 2 is 1.97 bits per heavy atom. The number of likely N-dealkylation sites (N-methyl/N-ethyl adjacent to an activating group) is 1. The minimum Gasteiger partial charge on any atom is -0.357 e. The molecule has 0 amide bonds. The molecule has 1 aliphatic rings. The lowest BCUT2D eigenvalue weighted by atomic mass is 10.3. The van der Waals surface area contributed by atoms with Crippen molar-refractivity contribution in [2.45, 2.75) is 33.2 Å². The topological polar surface area (TPSA) is 60.7 Å². The van der Waals surface area contributed by atoms with Gasteiger partial charge in [0.1, 0.15) is 5.82 Å². The second-order valence-electron chi connectivity index (χ2n) is 7.84. The summed E-state index contributed by atoms with van der Waals surface area (Å²) >= 11 is 0. The molecule has 2 heterocycles. The maximum Gasteiger partial charge on any atom is 0.191 e. The van der Waals surface area contributed by atoms with Crippen LogP contribution in [0.1, 0.15) is 25.6 Å². The third-order valence-corrected chi connectivity index (χ3v) is 5.53. The van der Waals surface area contributed by atoms with E-state index < -0.39 is 0 Å². The van der Waals surface area contributed by atoms with Crippen LogP contribution in [0, 0.1) is 6.92 Å². The summed E-state index contributed by atoms with van der Waals surface area (Å²) in [6.07, 6.45) is 2.25. The van der Waals surface area contributed by atoms with E-state index in [0.29, 0.717) is 0 Å². The number of guanidine groups is 1. The third kappa shape index (κ3) is 6.44. The van der Waals surface area contributed by atoms with E-state index in [1.807, 2.05) is 6.07 Å². The number of hydrogen-bond acceptors (Lipinski definition) is 4. The smallest absolute Gasteiger partial charge is 0.191 e. The molecule has 0 saturated carbocycles. The molecule has 29 heavy (non-hydrogen) atoms. The number of nitrogens with one attached hydrogen (secondary N) is 2. The first-order valence-corrected chi connectivity index (χ1v) is 11.0. The van der Waals surface area contributed by atoms with Gasteiger partial charge in [0.15, 0.2) is 5.96 Å². The van der Waals surface area contributed by atoms with Crippen molar-refractivity contribution in [3.63, 3.8) is 0 Å². The molecule has 1 saturated heterocycles. The van der Waals surface area contributed by atoms with E-state index in [-0.39, 0.29) is 0 Å². The van der Waals surface area contributed by atoms with E-state index in [4.69, 9.17) is 4.99 Å². The molecular weight excluding hydrogens is 362 g/mol. The van der Waals surface area contributed by atoms with E-state index in [9.17, 15) is 0 Å². The molecule has 0 aliphatic carbocycles. The second-order valence-corrected chi connectivity index (χ2v) is 7.84. The fourth-order valence-electron chi connectivity index (χ4n) is 3.90. The summed E-state index contributed by atoms with van der Waals surface area (Å²) in [5.41, 5.74) is 2.28. The first-order valence-electron chi connectivity index (χ1n) is 11.0. The van der Waals surface area contributed by atoms with Crippen LogP contribution in [0.2, 0.25) is 0 Å². The number of hydrogen-bond donors (Lipinski definition) is 2. The second kappa shape index (κ2) is 11.2. The summed E-state index contributed by atoms with van der Waals surface area (Å²) in [5.74, 6) is 2.00. The third-order valence-electron chi connectivity index (χ3n) is 5.53. The van der Waals surface area contributed by atoms with Gasteiger partial charge in [0.2, 0.25) is 0 Å². The van der Waals surface area contributed by atoms with Gasteiger partial charge in [-0.3, -0.25) is 4.99 Å². The van der Waals surface area contributed by atoms with Crippen LogP contribution in [-0.2, 0) is 6.54 Å². The van der Waals surface area contributed by atoms with Crippen molar-refractivity contribution in [1.29, 1.82) is 0 Å². The molecule has 2 N–H and O–H groups in total. The summed E-state index contributed by atoms with van der Waals surface area (Å²) in [6, 6.07) is 8.34. The first-order chi connectivity index (χ1) is 14.2. The van der Waals surface area contributed by atoms with Crippen LogP contribution < -0.4 is 10.6 Å². The monoisotopic (exact) mass is 399 g/mol. The molecular formula is C22H37N7. The number of aliphatic imine (C=N–C) groups is 1. The lowest BCUT2D eigenvalue weighted by molar-refractivity contribution is 0.280. The summed E-state index contributed by atoms with van der Waals surface area (Å²) in [7, 11) is 2.21. The Bertz CT molecular complexity index is 783. The highest BCUT2D eigenvalue weighted by atomic mass is 15.2. The van der Waals surface area contributed by atoms with Crippen molar-refractivity contribution in [3.8, 4) is 0 Å². The standard InChI is InChI=1S/C22H37N7/c1-4-23-22(25-12-16-28-14-8-13-27(3)17-18-28)24-11-7-15-29-19(2)26-20-9-5-6-10-21(20)29/h5-6,9-10H,4,7-8,11-18H2,1-3H3,(H2,23,24,25). The lowest BCUT2D eigenvalue weighted by Gasteiger charge is -2.21. The van der Waals surface area contributed by atoms with Crippen LogP contribution >= 0.6 is 0 Å². The Morgan fingerprint density at radius 1 is 1.10 bits per heavy atom. The minimum absolute atomic E-state index is 0.801. The zero-order chi connectivity index (χ0) is 20.5. The molecule has 1 aliphatic heterocycles. The van der Waals surface area contributed by atoms with Gasteiger partial charge in [-0.05, 0) is 59.0 Å². The van der Waals surface area contributed by atoms with Crippen molar-refractivity contribution in [1.82, 2.24) is 30.0 Å². The maximum absolute atomic E-state index is 4.77. The zero-order valence-corrected chi connectivity index (χ0v) is 18.3. The number of para-hydroxylation sites is 2. The van der Waals surface area contributed by atoms with Gasteiger partial charge in [-0.1, -0.05) is 12.1 Å². The van der Waals surface area contributed by atoms with Crippen LogP contribution in [-0.4, -0.2) is 84.7 Å². The summed E-state index contributed by atoms with van der Waals surface area (Å²) < 4.78 is 2.29. The fourth-order valence-corrected chi connectivity index (χ4v) is 3.90. The maximum atomic E-state index is 4.77. The molecule has 1 aromatic carbocycles. The lowest BCUT2D eigenvalue weighted by Crippen LogP contribution is -2.42. The number of fused-ring (bicyclic) bond motifs is 1. The Labute approximate surface area is 175 Å². The summed E-state index contributed by atoms with van der Waals surface area (Å²) in [4.78, 5) is 14.4. The molecule has 1 fully saturated rings. The average molecular weight is 400 g/mol. The highest BCUT2D eigenvalue weighted by Gasteiger charge is 2.11. The molecule has 0 unspecified atom stereocenters. The number of nitrogens with zero attached hydrogens (tertiary/aromatic N) is 5. The Morgan fingerprint density at radius 3 is 2.83 bits per heavy atom. The van der Waals surface area contributed by atoms with Gasteiger partial charge >= 0.3 is 0 Å². The van der Waals surface area contributed by atoms with Crippen LogP contribution in [0.15, 0.2) is 29.3 Å². The Hall–Kier alpha value is -2.12. The fraction of sp³-hybridized carbons (Fsp3) is 0.636. The highest BCUT2D eigenvalue weighted by molar-refractivity contribution is 5.79. The predicted octanol–water partition coefficient (Wildman–Crippen LogP) is 1.93. The summed E-state index contributed by atoms with van der Waals surface area (Å²) in [6.45, 7) is 13.5. The van der Waals surface area contributed by atoms with Gasteiger partial charge in [0.05, 0.1) is 11.0 Å². The number of aromatic nitrogens is 2. The molecule has 1 aromatic heterocycles. The summed E-state index contributed by atoms with van der Waals surface area (Å²) in [5, 5.41) is 6.87. The van der Waals surface area contributed by atoms with Crippen molar-refractivity contribution < 1.29 is 0 Å². The van der Waals surface area contributed by atoms with E-state index in [1.165, 1.54) is 25.0 Å². The minimum atomic E-state index is 0.801. The number of imidazole rings is 1. The van der Waals surface area contributed by atoms with Gasteiger partial charge in [-0.2, -0.15) is 0 Å². The van der Waals surface area contributed by atoms with E-state index in [1.54, 1.807) is 0 Å². The van der Waals surface area contributed by atoms with Gasteiger partial charge in [-0.25, -0.2) is 4.98 Å². The van der Waals surface area contributed by atoms with E-state index >= 15 is 0 Å². The first kappa shape index (κ1) is 21.6. The molecule has 7 nitrogen and oxygen atoms in total. The quantitative estimate of drug-likeness (QED) is 0.404. The highest BCUT2D eigenvalue weighted by Crippen LogP contribution is 2.15. The molecule has 3 rings (SSSR count). The van der Waals surface area contributed by atoms with Crippen LogP contribution in [0.5, 0.6) is 0 Å². The largest absolute Gasteiger partial charge is 0.357 e. The Kier molecular flexibility index (Phi) is 8.31. The molecule has 0 bridgehead atoms. The molecule has 0 atom stereocenters. The van der Waals surface area contributed by atoms with Crippen LogP contribution in [0.25, 0.3) is 11.0 Å². The Balaban J connectivity index is 1.44. The van der Waals surface area contributed by atoms with Gasteiger partial charge in [0.25, 0.3) is 0 Å². The average Bonchev–Trinajstić information content (AvgIpc) is 2.88. The van der Waals surface area contributed by atoms with Crippen molar-refractivity contribution >= 4 is 17.0 Å². The van der Waals surface area contributed by atoms with Crippen LogP contribution in [0.4, 0.5) is 0 Å². The van der Waals surface area contributed by atoms with Crippen molar-refractivity contribution in [2.24, 2.45) is 4.99 Å². The number of aryl methyl sites for hydroxylation is 2. The molecule has 0 spiro atoms.